The van der Waals surface area contributed by atoms with Gasteiger partial charge in [-0.05, 0) is 36.2 Å². The Hall–Kier alpha value is -2.01. The lowest BCUT2D eigenvalue weighted by Crippen LogP contribution is -2.10. The van der Waals surface area contributed by atoms with E-state index in [-0.39, 0.29) is 10.6 Å². The number of rotatable bonds is 5. The molecule has 2 aromatic rings. The van der Waals surface area contributed by atoms with Gasteiger partial charge in [0.2, 0.25) is 0 Å². The van der Waals surface area contributed by atoms with Gasteiger partial charge < -0.3 is 10.5 Å². The summed E-state index contributed by atoms with van der Waals surface area (Å²) in [6, 6.07) is 9.24. The second kappa shape index (κ2) is 6.63. The summed E-state index contributed by atoms with van der Waals surface area (Å²) < 4.78 is 33.0. The molecule has 0 amide bonds. The van der Waals surface area contributed by atoms with Crippen LogP contribution < -0.4 is 10.5 Å². The Bertz CT molecular complexity index is 633. The van der Waals surface area contributed by atoms with Gasteiger partial charge in [0.15, 0.2) is 17.4 Å². The number of nitrogens with two attached hydrogens (primary N) is 1. The van der Waals surface area contributed by atoms with E-state index in [1.807, 2.05) is 12.1 Å². The number of benzene rings is 2. The number of hydrogen-bond donors (Lipinski definition) is 1. The highest BCUT2D eigenvalue weighted by molar-refractivity contribution is 7.80. The Morgan fingerprint density at radius 2 is 1.71 bits per heavy atom. The minimum atomic E-state index is -0.838. The first-order valence-electron chi connectivity index (χ1n) is 6.57. The first kappa shape index (κ1) is 15.4. The third kappa shape index (κ3) is 3.76. The zero-order chi connectivity index (χ0) is 15.4. The Labute approximate surface area is 127 Å². The molecule has 2 nitrogen and oxygen atoms in total. The van der Waals surface area contributed by atoms with Crippen molar-refractivity contribution in [3.63, 3.8) is 0 Å². The van der Waals surface area contributed by atoms with Crippen molar-refractivity contribution in [1.82, 2.24) is 0 Å². The molecule has 0 saturated carbocycles. The van der Waals surface area contributed by atoms with Crippen LogP contribution in [0.4, 0.5) is 8.78 Å². The quantitative estimate of drug-likeness (QED) is 0.834. The van der Waals surface area contributed by atoms with Crippen LogP contribution in [0.5, 0.6) is 11.5 Å². The van der Waals surface area contributed by atoms with Crippen LogP contribution in [-0.2, 0) is 6.42 Å². The van der Waals surface area contributed by atoms with Crippen molar-refractivity contribution >= 4 is 17.2 Å². The van der Waals surface area contributed by atoms with Crippen LogP contribution in [0.25, 0.3) is 0 Å². The van der Waals surface area contributed by atoms with Crippen LogP contribution in [0.15, 0.2) is 36.4 Å². The molecule has 2 aromatic carbocycles. The van der Waals surface area contributed by atoms with E-state index in [0.717, 1.165) is 30.5 Å². The van der Waals surface area contributed by atoms with Gasteiger partial charge in [-0.2, -0.15) is 0 Å². The van der Waals surface area contributed by atoms with Crippen LogP contribution >= 0.6 is 12.2 Å². The molecule has 0 aliphatic carbocycles. The van der Waals surface area contributed by atoms with Gasteiger partial charge >= 0.3 is 0 Å². The van der Waals surface area contributed by atoms with Crippen molar-refractivity contribution in [3.8, 4) is 11.5 Å². The Morgan fingerprint density at radius 1 is 1.14 bits per heavy atom. The Balaban J connectivity index is 2.25. The molecule has 0 unspecified atom stereocenters. The van der Waals surface area contributed by atoms with Gasteiger partial charge in [-0.15, -0.1) is 0 Å². The van der Waals surface area contributed by atoms with Gasteiger partial charge in [-0.1, -0.05) is 37.7 Å². The van der Waals surface area contributed by atoms with E-state index in [1.54, 1.807) is 12.1 Å². The average molecular weight is 307 g/mol. The Morgan fingerprint density at radius 3 is 2.19 bits per heavy atom. The predicted molar refractivity (Wildman–Crippen MR) is 82.8 cm³/mol. The second-order valence-corrected chi connectivity index (χ2v) is 5.07. The van der Waals surface area contributed by atoms with E-state index in [4.69, 9.17) is 22.7 Å². The van der Waals surface area contributed by atoms with Crippen LogP contribution in [0.1, 0.15) is 24.5 Å². The minimum Gasteiger partial charge on any atom is -0.451 e. The van der Waals surface area contributed by atoms with E-state index in [9.17, 15) is 8.78 Å². The molecule has 2 N–H and O–H groups in total. The molecule has 0 bridgehead atoms. The van der Waals surface area contributed by atoms with Crippen molar-refractivity contribution < 1.29 is 13.5 Å². The smallest absolute Gasteiger partial charge is 0.198 e. The van der Waals surface area contributed by atoms with E-state index in [0.29, 0.717) is 5.75 Å². The van der Waals surface area contributed by atoms with E-state index >= 15 is 0 Å². The molecule has 2 rings (SSSR count). The molecule has 0 aromatic heterocycles. The molecule has 0 heterocycles. The molecule has 0 saturated heterocycles. The molecule has 0 radical (unpaired) electrons. The lowest BCUT2D eigenvalue weighted by Gasteiger charge is -2.10. The summed E-state index contributed by atoms with van der Waals surface area (Å²) in [7, 11) is 0. The zero-order valence-corrected chi connectivity index (χ0v) is 12.3. The van der Waals surface area contributed by atoms with Crippen molar-refractivity contribution in [2.45, 2.75) is 19.8 Å². The van der Waals surface area contributed by atoms with Crippen LogP contribution in [0, 0.1) is 11.6 Å². The molecule has 110 valence electrons. The third-order valence-electron chi connectivity index (χ3n) is 2.96. The summed E-state index contributed by atoms with van der Waals surface area (Å²) in [4.78, 5) is -0.0664. The van der Waals surface area contributed by atoms with Gasteiger partial charge in [0.1, 0.15) is 10.7 Å². The molecule has 0 atom stereocenters. The van der Waals surface area contributed by atoms with Crippen LogP contribution in [0.3, 0.4) is 0 Å². The number of halogens is 2. The maximum Gasteiger partial charge on any atom is 0.198 e. The van der Waals surface area contributed by atoms with Crippen molar-refractivity contribution in [1.29, 1.82) is 0 Å². The molecular formula is C16H15F2NOS. The van der Waals surface area contributed by atoms with E-state index in [2.05, 4.69) is 6.92 Å². The van der Waals surface area contributed by atoms with Crippen molar-refractivity contribution in [2.75, 3.05) is 0 Å². The van der Waals surface area contributed by atoms with E-state index in [1.165, 1.54) is 0 Å². The summed E-state index contributed by atoms with van der Waals surface area (Å²) in [5, 5.41) is 0. The van der Waals surface area contributed by atoms with Gasteiger partial charge in [0.25, 0.3) is 0 Å². The first-order valence-corrected chi connectivity index (χ1v) is 6.97. The summed E-state index contributed by atoms with van der Waals surface area (Å²) >= 11 is 4.70. The second-order valence-electron chi connectivity index (χ2n) is 4.63. The van der Waals surface area contributed by atoms with Crippen LogP contribution in [-0.4, -0.2) is 4.99 Å². The maximum absolute atomic E-state index is 13.9. The predicted octanol–water partition coefficient (Wildman–Crippen LogP) is 4.34. The van der Waals surface area contributed by atoms with Gasteiger partial charge in [0.05, 0.1) is 0 Å². The summed E-state index contributed by atoms with van der Waals surface area (Å²) in [5.74, 6) is -1.76. The SMILES string of the molecule is CCCc1ccc(Oc2c(F)cc(C(N)=S)cc2F)cc1. The fourth-order valence-electron chi connectivity index (χ4n) is 1.93. The number of thiocarbonyl (C=S) groups is 1. The van der Waals surface area contributed by atoms with E-state index < -0.39 is 17.4 Å². The highest BCUT2D eigenvalue weighted by Crippen LogP contribution is 2.29. The lowest BCUT2D eigenvalue weighted by atomic mass is 10.1. The monoisotopic (exact) mass is 307 g/mol. The van der Waals surface area contributed by atoms with Crippen LogP contribution in [0.2, 0.25) is 0 Å². The van der Waals surface area contributed by atoms with Gasteiger partial charge in [0, 0.05) is 5.56 Å². The molecular weight excluding hydrogens is 292 g/mol. The topological polar surface area (TPSA) is 35.2 Å². The highest BCUT2D eigenvalue weighted by Gasteiger charge is 2.14. The summed E-state index contributed by atoms with van der Waals surface area (Å²) in [6.45, 7) is 2.08. The molecule has 0 aliphatic heterocycles. The van der Waals surface area contributed by atoms with Crippen molar-refractivity contribution in [2.24, 2.45) is 5.73 Å². The minimum absolute atomic E-state index is 0.0664. The molecule has 21 heavy (non-hydrogen) atoms. The highest BCUT2D eigenvalue weighted by atomic mass is 32.1. The van der Waals surface area contributed by atoms with Crippen molar-refractivity contribution in [3.05, 3.63) is 59.2 Å². The molecule has 0 spiro atoms. The number of ether oxygens (including phenoxy) is 1. The summed E-state index contributed by atoms with van der Waals surface area (Å²) in [5.41, 5.74) is 6.63. The molecule has 0 aliphatic rings. The number of aryl methyl sites for hydroxylation is 1. The number of hydrogen-bond acceptors (Lipinski definition) is 2. The maximum atomic E-state index is 13.9. The molecule has 5 heteroatoms. The first-order chi connectivity index (χ1) is 10.0. The normalized spacial score (nSPS) is 10.4. The fourth-order valence-corrected chi connectivity index (χ4v) is 2.05. The largest absolute Gasteiger partial charge is 0.451 e. The van der Waals surface area contributed by atoms with Gasteiger partial charge in [-0.3, -0.25) is 0 Å². The third-order valence-corrected chi connectivity index (χ3v) is 3.20. The standard InChI is InChI=1S/C16H15F2NOS/c1-2-3-10-4-6-12(7-5-10)20-15-13(17)8-11(16(19)21)9-14(15)18/h4-9H,2-3H2,1H3,(H2,19,21). The zero-order valence-electron chi connectivity index (χ0n) is 11.5. The van der Waals surface area contributed by atoms with Gasteiger partial charge in [-0.25, -0.2) is 8.78 Å². The Kier molecular flexibility index (Phi) is 4.85. The average Bonchev–Trinajstić information content (AvgIpc) is 2.44. The lowest BCUT2D eigenvalue weighted by molar-refractivity contribution is 0.407. The summed E-state index contributed by atoms with van der Waals surface area (Å²) in [6.07, 6.45) is 1.98. The fraction of sp³-hybridized carbons (Fsp3) is 0.188. The molecule has 0 fully saturated rings.